The average Bonchev–Trinajstić information content (AvgIpc) is 2.96. The first kappa shape index (κ1) is 16.5. The number of likely N-dealkylation sites (N-methyl/N-ethyl adjacent to an activating group) is 1. The highest BCUT2D eigenvalue weighted by Gasteiger charge is 2.16. The van der Waals surface area contributed by atoms with Crippen LogP contribution in [0.3, 0.4) is 0 Å². The molecule has 0 bridgehead atoms. The van der Waals surface area contributed by atoms with Crippen LogP contribution in [0.5, 0.6) is 0 Å². The van der Waals surface area contributed by atoms with Gasteiger partial charge in [0.05, 0.1) is 6.10 Å². The Morgan fingerprint density at radius 2 is 2.14 bits per heavy atom. The monoisotopic (exact) mass is 289 g/mol. The number of rotatable bonds is 8. The highest BCUT2D eigenvalue weighted by atomic mass is 16.5. The summed E-state index contributed by atoms with van der Waals surface area (Å²) in [5, 5.41) is 3.65. The van der Waals surface area contributed by atoms with Crippen LogP contribution in [0.15, 0.2) is 18.2 Å². The number of aryl methyl sites for hydroxylation is 2. The Morgan fingerprint density at radius 1 is 1.29 bits per heavy atom. The van der Waals surface area contributed by atoms with Crippen molar-refractivity contribution in [3.8, 4) is 0 Å². The lowest BCUT2D eigenvalue weighted by molar-refractivity contribution is 0.101. The quantitative estimate of drug-likeness (QED) is 0.775. The zero-order valence-corrected chi connectivity index (χ0v) is 14.0. The van der Waals surface area contributed by atoms with E-state index in [1.807, 2.05) is 0 Å². The maximum atomic E-state index is 5.72. The molecule has 0 spiro atoms. The number of ether oxygens (including phenoxy) is 1. The molecule has 0 amide bonds. The molecule has 0 aromatic heterocycles. The molecule has 1 aromatic rings. The van der Waals surface area contributed by atoms with Crippen LogP contribution < -0.4 is 5.32 Å². The second kappa shape index (κ2) is 8.55. The molecule has 2 heteroatoms. The van der Waals surface area contributed by atoms with Gasteiger partial charge < -0.3 is 10.1 Å². The van der Waals surface area contributed by atoms with Crippen LogP contribution in [-0.4, -0.2) is 25.3 Å². The van der Waals surface area contributed by atoms with Crippen LogP contribution in [0.2, 0.25) is 0 Å². The summed E-state index contributed by atoms with van der Waals surface area (Å²) in [5.74, 6) is 0. The van der Waals surface area contributed by atoms with E-state index in [0.29, 0.717) is 12.1 Å². The van der Waals surface area contributed by atoms with Gasteiger partial charge in [-0.3, -0.25) is 0 Å². The van der Waals surface area contributed by atoms with E-state index in [1.54, 1.807) is 0 Å². The first-order chi connectivity index (χ1) is 10.2. The molecule has 1 N–H and O–H groups in total. The highest BCUT2D eigenvalue weighted by molar-refractivity contribution is 5.30. The molecule has 2 nitrogen and oxygen atoms in total. The van der Waals surface area contributed by atoms with Gasteiger partial charge in [0.1, 0.15) is 0 Å². The summed E-state index contributed by atoms with van der Waals surface area (Å²) in [5.41, 5.74) is 4.25. The lowest BCUT2D eigenvalue weighted by Gasteiger charge is -2.19. The van der Waals surface area contributed by atoms with Gasteiger partial charge in [0, 0.05) is 12.6 Å². The van der Waals surface area contributed by atoms with Gasteiger partial charge in [0.25, 0.3) is 0 Å². The van der Waals surface area contributed by atoms with Crippen LogP contribution in [-0.2, 0) is 11.2 Å². The van der Waals surface area contributed by atoms with E-state index < -0.39 is 0 Å². The van der Waals surface area contributed by atoms with Gasteiger partial charge in [0.2, 0.25) is 0 Å². The number of benzene rings is 1. The van der Waals surface area contributed by atoms with Crippen molar-refractivity contribution in [2.45, 2.75) is 71.4 Å². The predicted octanol–water partition coefficient (Wildman–Crippen LogP) is 4.17. The maximum Gasteiger partial charge on any atom is 0.0576 e. The number of nitrogens with one attached hydrogen (secondary N) is 1. The molecular weight excluding hydrogens is 258 g/mol. The number of hydrogen-bond acceptors (Lipinski definition) is 2. The zero-order valence-electron chi connectivity index (χ0n) is 14.0. The third kappa shape index (κ3) is 5.44. The topological polar surface area (TPSA) is 21.3 Å². The second-order valence-corrected chi connectivity index (χ2v) is 6.44. The summed E-state index contributed by atoms with van der Waals surface area (Å²) >= 11 is 0. The smallest absolute Gasteiger partial charge is 0.0576 e. The Balaban J connectivity index is 1.81. The third-order valence-corrected chi connectivity index (χ3v) is 4.65. The Hall–Kier alpha value is -0.860. The minimum Gasteiger partial charge on any atom is -0.378 e. The molecule has 2 atom stereocenters. The van der Waals surface area contributed by atoms with Crippen molar-refractivity contribution >= 4 is 0 Å². The molecule has 1 heterocycles. The Kier molecular flexibility index (Phi) is 6.72. The van der Waals surface area contributed by atoms with Crippen LogP contribution in [0.4, 0.5) is 0 Å². The molecule has 21 heavy (non-hydrogen) atoms. The molecule has 1 fully saturated rings. The molecule has 1 aliphatic heterocycles. The van der Waals surface area contributed by atoms with Crippen molar-refractivity contribution in [2.75, 3.05) is 13.2 Å². The van der Waals surface area contributed by atoms with E-state index in [-0.39, 0.29) is 0 Å². The van der Waals surface area contributed by atoms with E-state index in [4.69, 9.17) is 4.74 Å². The van der Waals surface area contributed by atoms with Gasteiger partial charge >= 0.3 is 0 Å². The van der Waals surface area contributed by atoms with E-state index in [2.05, 4.69) is 44.3 Å². The van der Waals surface area contributed by atoms with Gasteiger partial charge in [-0.2, -0.15) is 0 Å². The maximum absolute atomic E-state index is 5.72. The molecule has 1 aromatic carbocycles. The van der Waals surface area contributed by atoms with Gasteiger partial charge in [-0.25, -0.2) is 0 Å². The molecule has 0 radical (unpaired) electrons. The predicted molar refractivity (Wildman–Crippen MR) is 89.9 cm³/mol. The van der Waals surface area contributed by atoms with Crippen LogP contribution in [0.25, 0.3) is 0 Å². The summed E-state index contributed by atoms with van der Waals surface area (Å²) in [6.07, 6.45) is 7.95. The first-order valence-electron chi connectivity index (χ1n) is 8.60. The third-order valence-electron chi connectivity index (χ3n) is 4.65. The van der Waals surface area contributed by atoms with Gasteiger partial charge in [-0.15, -0.1) is 0 Å². The van der Waals surface area contributed by atoms with Crippen molar-refractivity contribution < 1.29 is 4.74 Å². The fourth-order valence-electron chi connectivity index (χ4n) is 3.24. The minimum absolute atomic E-state index is 0.536. The van der Waals surface area contributed by atoms with Crippen molar-refractivity contribution in [3.63, 3.8) is 0 Å². The van der Waals surface area contributed by atoms with Crippen LogP contribution in [0.1, 0.15) is 55.7 Å². The van der Waals surface area contributed by atoms with E-state index in [9.17, 15) is 0 Å². The van der Waals surface area contributed by atoms with Crippen LogP contribution >= 0.6 is 0 Å². The van der Waals surface area contributed by atoms with Gasteiger partial charge in [-0.05, 0) is 75.6 Å². The SMILES string of the molecule is CCNC(CCCC1CCCO1)Cc1ccc(C)c(C)c1. The lowest BCUT2D eigenvalue weighted by atomic mass is 9.97. The zero-order chi connectivity index (χ0) is 15.1. The van der Waals surface area contributed by atoms with Crippen molar-refractivity contribution in [1.29, 1.82) is 0 Å². The highest BCUT2D eigenvalue weighted by Crippen LogP contribution is 2.19. The fourth-order valence-corrected chi connectivity index (χ4v) is 3.24. The Labute approximate surface area is 130 Å². The first-order valence-corrected chi connectivity index (χ1v) is 8.60. The molecule has 0 aliphatic carbocycles. The molecule has 2 unspecified atom stereocenters. The Morgan fingerprint density at radius 3 is 2.81 bits per heavy atom. The fraction of sp³-hybridized carbons (Fsp3) is 0.684. The van der Waals surface area contributed by atoms with Gasteiger partial charge in [0.15, 0.2) is 0 Å². The summed E-state index contributed by atoms with van der Waals surface area (Å²) in [7, 11) is 0. The van der Waals surface area contributed by atoms with Gasteiger partial charge in [-0.1, -0.05) is 25.1 Å². The molecule has 118 valence electrons. The summed E-state index contributed by atoms with van der Waals surface area (Å²) in [6, 6.07) is 7.48. The van der Waals surface area contributed by atoms with Crippen LogP contribution in [0, 0.1) is 13.8 Å². The second-order valence-electron chi connectivity index (χ2n) is 6.44. The average molecular weight is 289 g/mol. The lowest BCUT2D eigenvalue weighted by Crippen LogP contribution is -2.31. The Bertz CT molecular complexity index is 424. The summed E-state index contributed by atoms with van der Waals surface area (Å²) < 4.78 is 5.72. The van der Waals surface area contributed by atoms with Crippen molar-refractivity contribution in [2.24, 2.45) is 0 Å². The normalized spacial score (nSPS) is 19.9. The molecule has 2 rings (SSSR count). The van der Waals surface area contributed by atoms with E-state index >= 15 is 0 Å². The largest absolute Gasteiger partial charge is 0.378 e. The minimum atomic E-state index is 0.536. The van der Waals surface area contributed by atoms with Crippen molar-refractivity contribution in [3.05, 3.63) is 34.9 Å². The van der Waals surface area contributed by atoms with E-state index in [1.165, 1.54) is 48.8 Å². The molecule has 1 saturated heterocycles. The standard InChI is InChI=1S/C19H31NO/c1-4-20-18(7-5-8-19-9-6-12-21-19)14-17-11-10-15(2)16(3)13-17/h10-11,13,18-20H,4-9,12,14H2,1-3H3. The number of hydrogen-bond donors (Lipinski definition) is 1. The summed E-state index contributed by atoms with van der Waals surface area (Å²) in [4.78, 5) is 0. The molecule has 1 aliphatic rings. The summed E-state index contributed by atoms with van der Waals surface area (Å²) in [6.45, 7) is 8.62. The van der Waals surface area contributed by atoms with Crippen molar-refractivity contribution in [1.82, 2.24) is 5.32 Å². The molecular formula is C19H31NO. The van der Waals surface area contributed by atoms with E-state index in [0.717, 1.165) is 19.6 Å². The molecule has 0 saturated carbocycles.